The van der Waals surface area contributed by atoms with E-state index in [1.807, 2.05) is 0 Å². The van der Waals surface area contributed by atoms with Crippen LogP contribution in [0.3, 0.4) is 0 Å². The van der Waals surface area contributed by atoms with Gasteiger partial charge in [-0.05, 0) is 45.2 Å². The lowest BCUT2D eigenvalue weighted by molar-refractivity contribution is -0.140. The van der Waals surface area contributed by atoms with Gasteiger partial charge in [0.15, 0.2) is 0 Å². The van der Waals surface area contributed by atoms with Crippen LogP contribution in [-0.4, -0.2) is 70.3 Å². The minimum absolute atomic E-state index is 0.0213. The second kappa shape index (κ2) is 13.0. The van der Waals surface area contributed by atoms with E-state index in [9.17, 15) is 19.2 Å². The van der Waals surface area contributed by atoms with Crippen molar-refractivity contribution in [2.24, 2.45) is 11.5 Å². The summed E-state index contributed by atoms with van der Waals surface area (Å²) in [6.45, 7) is 1.72. The molecule has 0 spiro atoms. The van der Waals surface area contributed by atoms with Gasteiger partial charge in [0.05, 0.1) is 0 Å². The molecule has 0 aliphatic carbocycles. The van der Waals surface area contributed by atoms with Crippen molar-refractivity contribution < 1.29 is 34.5 Å². The molecule has 1 amide bonds. The summed E-state index contributed by atoms with van der Waals surface area (Å²) >= 11 is 0. The third kappa shape index (κ3) is 11.3. The molecule has 2 aliphatic heterocycles. The van der Waals surface area contributed by atoms with E-state index in [2.05, 4.69) is 10.6 Å². The molecule has 0 aromatic rings. The van der Waals surface area contributed by atoms with Gasteiger partial charge in [0, 0.05) is 6.42 Å². The Bertz CT molecular complexity index is 449. The lowest BCUT2D eigenvalue weighted by atomic mass is 10.2. The van der Waals surface area contributed by atoms with Crippen molar-refractivity contribution in [2.45, 2.75) is 56.7 Å². The summed E-state index contributed by atoms with van der Waals surface area (Å²) in [5.74, 6) is -3.08. The molecule has 0 radical (unpaired) electrons. The van der Waals surface area contributed by atoms with Crippen LogP contribution in [0.5, 0.6) is 0 Å². The molecular weight excluding hydrogens is 348 g/mol. The average Bonchev–Trinajstić information content (AvgIpc) is 3.26. The molecule has 0 aromatic heterocycles. The summed E-state index contributed by atoms with van der Waals surface area (Å²) in [4.78, 5) is 40.4. The molecule has 0 bridgehead atoms. The van der Waals surface area contributed by atoms with Crippen molar-refractivity contribution in [1.29, 1.82) is 0 Å². The fraction of sp³-hybridized carbons (Fsp3) is 0.733. The molecule has 150 valence electrons. The van der Waals surface area contributed by atoms with Crippen molar-refractivity contribution in [3.8, 4) is 0 Å². The van der Waals surface area contributed by atoms with E-state index in [1.54, 1.807) is 0 Å². The number of carboxylic acid groups (broad SMARTS) is 3. The van der Waals surface area contributed by atoms with Gasteiger partial charge in [0.2, 0.25) is 5.91 Å². The van der Waals surface area contributed by atoms with Gasteiger partial charge >= 0.3 is 17.9 Å². The topological polar surface area (TPSA) is 205 Å². The molecule has 11 heteroatoms. The monoisotopic (exact) mass is 376 g/mol. The molecule has 2 heterocycles. The SMILES string of the molecule is NC(=O)CC[C@H](N)C(=O)O.O=C(O)[C@@H]1CCCN1.O=C(O)[C@@H]1CCCN1. The smallest absolute Gasteiger partial charge is 0.320 e. The Morgan fingerprint density at radius 2 is 1.35 bits per heavy atom. The fourth-order valence-electron chi connectivity index (χ4n) is 2.21. The molecule has 26 heavy (non-hydrogen) atoms. The minimum atomic E-state index is -1.11. The number of carboxylic acids is 3. The number of hydrogen-bond donors (Lipinski definition) is 7. The summed E-state index contributed by atoms with van der Waals surface area (Å²) in [6.07, 6.45) is 3.69. The van der Waals surface area contributed by atoms with Crippen LogP contribution in [0.25, 0.3) is 0 Å². The first kappa shape index (κ1) is 23.8. The van der Waals surface area contributed by atoms with Gasteiger partial charge in [-0.15, -0.1) is 0 Å². The van der Waals surface area contributed by atoms with Gasteiger partial charge < -0.3 is 37.4 Å². The van der Waals surface area contributed by atoms with E-state index in [0.717, 1.165) is 38.8 Å². The first-order valence-corrected chi connectivity index (χ1v) is 8.34. The number of hydrogen-bond acceptors (Lipinski definition) is 7. The van der Waals surface area contributed by atoms with Crippen LogP contribution >= 0.6 is 0 Å². The van der Waals surface area contributed by atoms with E-state index in [1.165, 1.54) is 0 Å². The predicted molar refractivity (Wildman–Crippen MR) is 91.4 cm³/mol. The zero-order chi connectivity index (χ0) is 20.1. The number of primary amides is 1. The van der Waals surface area contributed by atoms with Crippen molar-refractivity contribution >= 4 is 23.8 Å². The number of carbonyl (C=O) groups is 4. The number of rotatable bonds is 6. The molecule has 2 aliphatic rings. The van der Waals surface area contributed by atoms with Crippen LogP contribution < -0.4 is 22.1 Å². The molecule has 0 unspecified atom stereocenters. The Morgan fingerprint density at radius 3 is 1.54 bits per heavy atom. The maximum Gasteiger partial charge on any atom is 0.320 e. The molecule has 2 rings (SSSR count). The van der Waals surface area contributed by atoms with Crippen molar-refractivity contribution in [1.82, 2.24) is 10.6 Å². The molecule has 2 saturated heterocycles. The maximum atomic E-state index is 10.1. The van der Waals surface area contributed by atoms with E-state index >= 15 is 0 Å². The summed E-state index contributed by atoms with van der Waals surface area (Å²) in [7, 11) is 0. The summed E-state index contributed by atoms with van der Waals surface area (Å²) in [6, 6.07) is -1.52. The Morgan fingerprint density at radius 1 is 0.923 bits per heavy atom. The van der Waals surface area contributed by atoms with Gasteiger partial charge in [-0.1, -0.05) is 0 Å². The zero-order valence-electron chi connectivity index (χ0n) is 14.5. The normalized spacial score (nSPS) is 22.2. The van der Waals surface area contributed by atoms with Gasteiger partial charge in [-0.25, -0.2) is 0 Å². The van der Waals surface area contributed by atoms with Crippen molar-refractivity contribution in [3.63, 3.8) is 0 Å². The largest absolute Gasteiger partial charge is 0.480 e. The van der Waals surface area contributed by atoms with Crippen molar-refractivity contribution in [3.05, 3.63) is 0 Å². The van der Waals surface area contributed by atoms with E-state index < -0.39 is 29.9 Å². The first-order valence-electron chi connectivity index (χ1n) is 8.34. The van der Waals surface area contributed by atoms with E-state index in [-0.39, 0.29) is 24.9 Å². The average molecular weight is 376 g/mol. The minimum Gasteiger partial charge on any atom is -0.480 e. The molecule has 2 fully saturated rings. The highest BCUT2D eigenvalue weighted by Gasteiger charge is 2.20. The van der Waals surface area contributed by atoms with Crippen LogP contribution in [0.2, 0.25) is 0 Å². The molecule has 0 saturated carbocycles. The number of carbonyl (C=O) groups excluding carboxylic acids is 1. The summed E-state index contributed by atoms with van der Waals surface area (Å²) in [5, 5.41) is 30.6. The molecule has 3 atom stereocenters. The van der Waals surface area contributed by atoms with Crippen LogP contribution in [0.15, 0.2) is 0 Å². The molecule has 11 nitrogen and oxygen atoms in total. The summed E-state index contributed by atoms with van der Waals surface area (Å²) in [5.41, 5.74) is 9.81. The lowest BCUT2D eigenvalue weighted by Crippen LogP contribution is -2.31. The predicted octanol–water partition coefficient (Wildman–Crippen LogP) is -1.69. The fourth-order valence-corrected chi connectivity index (χ4v) is 2.21. The Balaban J connectivity index is 0.000000363. The van der Waals surface area contributed by atoms with E-state index in [0.29, 0.717) is 0 Å². The quantitative estimate of drug-likeness (QED) is 0.280. The van der Waals surface area contributed by atoms with Gasteiger partial charge in [-0.2, -0.15) is 0 Å². The highest BCUT2D eigenvalue weighted by atomic mass is 16.4. The number of nitrogens with one attached hydrogen (secondary N) is 2. The van der Waals surface area contributed by atoms with Crippen LogP contribution in [0, 0.1) is 0 Å². The second-order valence-electron chi connectivity index (χ2n) is 5.92. The molecular formula is C15H28N4O7. The number of amides is 1. The first-order chi connectivity index (χ1) is 12.1. The van der Waals surface area contributed by atoms with Gasteiger partial charge in [0.25, 0.3) is 0 Å². The molecule has 9 N–H and O–H groups in total. The Labute approximate surface area is 151 Å². The maximum absolute atomic E-state index is 10.1. The highest BCUT2D eigenvalue weighted by Crippen LogP contribution is 2.04. The zero-order valence-corrected chi connectivity index (χ0v) is 14.5. The lowest BCUT2D eigenvalue weighted by Gasteiger charge is -2.01. The second-order valence-corrected chi connectivity index (χ2v) is 5.92. The van der Waals surface area contributed by atoms with Gasteiger partial charge in [-0.3, -0.25) is 19.2 Å². The third-order valence-electron chi connectivity index (χ3n) is 3.74. The Hall–Kier alpha value is -2.24. The van der Waals surface area contributed by atoms with Crippen molar-refractivity contribution in [2.75, 3.05) is 13.1 Å². The van der Waals surface area contributed by atoms with E-state index in [4.69, 9.17) is 26.8 Å². The third-order valence-corrected chi connectivity index (χ3v) is 3.74. The highest BCUT2D eigenvalue weighted by molar-refractivity contribution is 5.77. The van der Waals surface area contributed by atoms with Crippen LogP contribution in [0.1, 0.15) is 38.5 Å². The summed E-state index contributed by atoms with van der Waals surface area (Å²) < 4.78 is 0. The Kier molecular flexibility index (Phi) is 11.9. The number of nitrogens with two attached hydrogens (primary N) is 2. The standard InChI is InChI=1S/C5H10N2O3.2C5H9NO2/c6-3(5(9)10)1-2-4(7)8;2*7-5(8)4-2-1-3-6-4/h3H,1-2,6H2,(H2,7,8)(H,9,10);2*4,6H,1-3H2,(H,7,8)/t3-;2*4-/m000/s1. The number of aliphatic carboxylic acids is 3. The van der Waals surface area contributed by atoms with Gasteiger partial charge in [0.1, 0.15) is 18.1 Å². The molecule has 0 aromatic carbocycles. The van der Waals surface area contributed by atoms with Crippen LogP contribution in [0.4, 0.5) is 0 Å². The van der Waals surface area contributed by atoms with Crippen LogP contribution in [-0.2, 0) is 19.2 Å².